The molecule has 0 spiro atoms. The number of carbonyl (C=O) groups is 2. The molecule has 1 aromatic carbocycles. The highest BCUT2D eigenvalue weighted by Gasteiger charge is 2.32. The molecule has 0 saturated carbocycles. The zero-order chi connectivity index (χ0) is 17.7. The van der Waals surface area contributed by atoms with Gasteiger partial charge in [-0.25, -0.2) is 0 Å². The maximum atomic E-state index is 11.6. The third-order valence-electron chi connectivity index (χ3n) is 2.80. The number of carbonyl (C=O) groups excluding carboxylic acids is 1. The zero-order valence-electron chi connectivity index (χ0n) is 12.5. The Labute approximate surface area is 155 Å². The summed E-state index contributed by atoms with van der Waals surface area (Å²) in [5, 5.41) is 19.0. The summed E-state index contributed by atoms with van der Waals surface area (Å²) in [4.78, 5) is 22.2. The van der Waals surface area contributed by atoms with E-state index in [1.165, 1.54) is 6.21 Å². The fourth-order valence-corrected chi connectivity index (χ4v) is 3.73. The smallest absolute Gasteiger partial charge is 0.305 e. The summed E-state index contributed by atoms with van der Waals surface area (Å²) in [5.74, 6) is -0.873. The minimum absolute atomic E-state index is 0.263. The Kier molecular flexibility index (Phi) is 6.64. The van der Waals surface area contributed by atoms with Crippen LogP contribution in [0, 0.1) is 0 Å². The minimum Gasteiger partial charge on any atom is -0.491 e. The van der Waals surface area contributed by atoms with Gasteiger partial charge in [-0.3, -0.25) is 9.59 Å². The number of benzene rings is 1. The van der Waals surface area contributed by atoms with Crippen molar-refractivity contribution in [3.05, 3.63) is 27.2 Å². The summed E-state index contributed by atoms with van der Waals surface area (Å²) in [5.41, 5.74) is 0.691. The molecule has 0 aromatic heterocycles. The number of ether oxygens (including phenoxy) is 1. The molecule has 2 rings (SSSR count). The minimum atomic E-state index is -1.04. The maximum Gasteiger partial charge on any atom is 0.305 e. The van der Waals surface area contributed by atoms with E-state index in [0.717, 1.165) is 11.8 Å². The first-order valence-electron chi connectivity index (χ1n) is 6.83. The largest absolute Gasteiger partial charge is 0.491 e. The van der Waals surface area contributed by atoms with E-state index in [4.69, 9.17) is 21.4 Å². The third kappa shape index (κ3) is 4.96. The Hall–Kier alpha value is -1.58. The van der Waals surface area contributed by atoms with Gasteiger partial charge in [0.1, 0.15) is 5.25 Å². The molecule has 1 aliphatic heterocycles. The second-order valence-corrected chi connectivity index (χ2v) is 7.04. The molecule has 1 aliphatic rings. The molecule has 2 N–H and O–H groups in total. The molecule has 128 valence electrons. The molecule has 10 heteroatoms. The second kappa shape index (κ2) is 8.50. The van der Waals surface area contributed by atoms with E-state index in [1.54, 1.807) is 12.1 Å². The van der Waals surface area contributed by atoms with E-state index in [2.05, 4.69) is 31.4 Å². The number of rotatable bonds is 6. The van der Waals surface area contributed by atoms with Crippen LogP contribution in [0.2, 0.25) is 5.02 Å². The Balaban J connectivity index is 2.07. The number of aliphatic carboxylic acids is 1. The van der Waals surface area contributed by atoms with Crippen molar-refractivity contribution in [2.24, 2.45) is 10.2 Å². The molecule has 7 nitrogen and oxygen atoms in total. The van der Waals surface area contributed by atoms with Gasteiger partial charge in [0.25, 0.3) is 0 Å². The molecular weight excluding hydrogens is 422 g/mol. The van der Waals surface area contributed by atoms with Crippen LogP contribution in [0.25, 0.3) is 0 Å². The summed E-state index contributed by atoms with van der Waals surface area (Å²) in [7, 11) is 0. The van der Waals surface area contributed by atoms with Crippen molar-refractivity contribution in [2.75, 3.05) is 6.61 Å². The van der Waals surface area contributed by atoms with Gasteiger partial charge < -0.3 is 15.2 Å². The first kappa shape index (κ1) is 18.8. The molecule has 0 bridgehead atoms. The van der Waals surface area contributed by atoms with Gasteiger partial charge in [0, 0.05) is 0 Å². The number of nitrogens with one attached hydrogen (secondary N) is 1. The number of thioether (sulfide) groups is 1. The average Bonchev–Trinajstić information content (AvgIpc) is 2.82. The van der Waals surface area contributed by atoms with Crippen molar-refractivity contribution < 1.29 is 19.4 Å². The standard InChI is InChI=1S/C14H13BrClN3O4S/c1-2-23-12-8(15)3-7(4-9(12)16)6-17-19-14-18-13(22)10(24-14)5-11(20)21/h3-4,6,10H,2,5H2,1H3,(H,20,21)(H,18,19,22). The van der Waals surface area contributed by atoms with Crippen LogP contribution in [0.5, 0.6) is 5.75 Å². The zero-order valence-corrected chi connectivity index (χ0v) is 15.6. The monoisotopic (exact) mass is 433 g/mol. The van der Waals surface area contributed by atoms with Crippen molar-refractivity contribution in [2.45, 2.75) is 18.6 Å². The summed E-state index contributed by atoms with van der Waals surface area (Å²) >= 11 is 10.5. The lowest BCUT2D eigenvalue weighted by Crippen LogP contribution is -2.26. The number of halogens is 2. The second-order valence-electron chi connectivity index (χ2n) is 4.59. The Morgan fingerprint density at radius 2 is 2.33 bits per heavy atom. The Morgan fingerprint density at radius 3 is 2.96 bits per heavy atom. The summed E-state index contributed by atoms with van der Waals surface area (Å²) in [6.07, 6.45) is 1.21. The predicted molar refractivity (Wildman–Crippen MR) is 97.1 cm³/mol. The lowest BCUT2D eigenvalue weighted by Gasteiger charge is -2.08. The highest BCUT2D eigenvalue weighted by Crippen LogP contribution is 2.34. The van der Waals surface area contributed by atoms with Gasteiger partial charge in [-0.1, -0.05) is 23.4 Å². The quantitative estimate of drug-likeness (QED) is 0.530. The normalized spacial score (nSPS) is 19.0. The number of hydrogen-bond acceptors (Lipinski definition) is 6. The van der Waals surface area contributed by atoms with Crippen molar-refractivity contribution in [1.82, 2.24) is 5.32 Å². The van der Waals surface area contributed by atoms with E-state index < -0.39 is 11.2 Å². The fraction of sp³-hybridized carbons (Fsp3) is 0.286. The van der Waals surface area contributed by atoms with Crippen LogP contribution in [-0.2, 0) is 9.59 Å². The molecule has 1 unspecified atom stereocenters. The molecule has 0 radical (unpaired) electrons. The van der Waals surface area contributed by atoms with Gasteiger partial charge in [-0.15, -0.1) is 5.10 Å². The molecule has 24 heavy (non-hydrogen) atoms. The van der Waals surface area contributed by atoms with Crippen molar-refractivity contribution in [1.29, 1.82) is 0 Å². The molecule has 1 aromatic rings. The highest BCUT2D eigenvalue weighted by atomic mass is 79.9. The lowest BCUT2D eigenvalue weighted by atomic mass is 10.2. The van der Waals surface area contributed by atoms with Crippen LogP contribution in [0.15, 0.2) is 26.8 Å². The molecular formula is C14H13BrClN3O4S. The van der Waals surface area contributed by atoms with E-state index in [0.29, 0.717) is 27.4 Å². The molecule has 1 saturated heterocycles. The number of carboxylic acids is 1. The number of carboxylic acid groups (broad SMARTS) is 1. The van der Waals surface area contributed by atoms with E-state index in [9.17, 15) is 9.59 Å². The lowest BCUT2D eigenvalue weighted by molar-refractivity contribution is -0.138. The van der Waals surface area contributed by atoms with Crippen LogP contribution >= 0.6 is 39.3 Å². The molecule has 1 amide bonds. The number of hydrogen-bond donors (Lipinski definition) is 2. The first-order chi connectivity index (χ1) is 11.4. The number of amidine groups is 1. The van der Waals surface area contributed by atoms with Gasteiger partial charge in [0.05, 0.1) is 28.7 Å². The molecule has 1 heterocycles. The van der Waals surface area contributed by atoms with Gasteiger partial charge in [0.15, 0.2) is 10.9 Å². The Morgan fingerprint density at radius 1 is 1.58 bits per heavy atom. The van der Waals surface area contributed by atoms with Crippen molar-refractivity contribution >= 4 is 62.6 Å². The van der Waals surface area contributed by atoms with Crippen LogP contribution in [0.4, 0.5) is 0 Å². The molecule has 1 fully saturated rings. The first-order valence-corrected chi connectivity index (χ1v) is 8.88. The summed E-state index contributed by atoms with van der Waals surface area (Å²) in [6, 6.07) is 3.45. The molecule has 0 aliphatic carbocycles. The van der Waals surface area contributed by atoms with Crippen LogP contribution < -0.4 is 10.1 Å². The summed E-state index contributed by atoms with van der Waals surface area (Å²) in [6.45, 7) is 2.35. The topological polar surface area (TPSA) is 100 Å². The molecule has 1 atom stereocenters. The number of nitrogens with zero attached hydrogens (tertiary/aromatic N) is 2. The van der Waals surface area contributed by atoms with Crippen molar-refractivity contribution in [3.63, 3.8) is 0 Å². The van der Waals surface area contributed by atoms with Crippen LogP contribution in [0.3, 0.4) is 0 Å². The van der Waals surface area contributed by atoms with Crippen LogP contribution in [0.1, 0.15) is 18.9 Å². The van der Waals surface area contributed by atoms with Crippen LogP contribution in [-0.4, -0.2) is 40.2 Å². The predicted octanol–water partition coefficient (Wildman–Crippen LogP) is 2.90. The average molecular weight is 435 g/mol. The van der Waals surface area contributed by atoms with E-state index >= 15 is 0 Å². The van der Waals surface area contributed by atoms with Gasteiger partial charge >= 0.3 is 5.97 Å². The highest BCUT2D eigenvalue weighted by molar-refractivity contribution is 9.10. The Bertz CT molecular complexity index is 703. The van der Waals surface area contributed by atoms with Gasteiger partial charge in [0.2, 0.25) is 5.91 Å². The van der Waals surface area contributed by atoms with Gasteiger partial charge in [-0.05, 0) is 40.5 Å². The maximum absolute atomic E-state index is 11.6. The summed E-state index contributed by atoms with van der Waals surface area (Å²) < 4.78 is 6.10. The third-order valence-corrected chi connectivity index (χ3v) is 4.74. The number of amides is 1. The van der Waals surface area contributed by atoms with E-state index in [-0.39, 0.29) is 17.5 Å². The van der Waals surface area contributed by atoms with E-state index in [1.807, 2.05) is 6.92 Å². The van der Waals surface area contributed by atoms with Gasteiger partial charge in [-0.2, -0.15) is 5.10 Å². The van der Waals surface area contributed by atoms with Crippen molar-refractivity contribution in [3.8, 4) is 5.75 Å². The SMILES string of the molecule is CCOc1c(Cl)cc(C=NN=C2NC(=O)C(CC(=O)O)S2)cc1Br. The fourth-order valence-electron chi connectivity index (χ4n) is 1.83.